The second-order valence-corrected chi connectivity index (χ2v) is 4.98. The van der Waals surface area contributed by atoms with Gasteiger partial charge in [0.1, 0.15) is 6.61 Å². The third-order valence-electron chi connectivity index (χ3n) is 3.48. The van der Waals surface area contributed by atoms with Crippen LogP contribution in [0.3, 0.4) is 0 Å². The molecule has 7 heteroatoms. The molecule has 0 unspecified atom stereocenters. The lowest BCUT2D eigenvalue weighted by Gasteiger charge is -2.32. The van der Waals surface area contributed by atoms with Crippen LogP contribution in [0.15, 0.2) is 6.20 Å². The van der Waals surface area contributed by atoms with Gasteiger partial charge in [0.25, 0.3) is 5.91 Å². The molecule has 20 heavy (non-hydrogen) atoms. The number of hydrogen-bond acceptors (Lipinski definition) is 4. The predicted octanol–water partition coefficient (Wildman–Crippen LogP) is 0.0853. The lowest BCUT2D eigenvalue weighted by molar-refractivity contribution is -0.125. The zero-order valence-corrected chi connectivity index (χ0v) is 11.8. The number of methoxy groups -OCH3 is 1. The number of carbonyl (C=O) groups excluding carboxylic acids is 2. The average molecular weight is 280 g/mol. The van der Waals surface area contributed by atoms with Crippen LogP contribution < -0.4 is 5.32 Å². The number of aryl methyl sites for hydroxylation is 1. The van der Waals surface area contributed by atoms with Gasteiger partial charge in [-0.3, -0.25) is 14.7 Å². The Kier molecular flexibility index (Phi) is 4.73. The van der Waals surface area contributed by atoms with E-state index in [4.69, 9.17) is 4.74 Å². The van der Waals surface area contributed by atoms with E-state index in [1.54, 1.807) is 11.1 Å². The minimum absolute atomic E-state index is 0.00193. The van der Waals surface area contributed by atoms with Crippen LogP contribution in [0, 0.1) is 6.92 Å². The largest absolute Gasteiger partial charge is 0.375 e. The molecule has 2 rings (SSSR count). The van der Waals surface area contributed by atoms with Crippen molar-refractivity contribution in [3.05, 3.63) is 17.5 Å². The predicted molar refractivity (Wildman–Crippen MR) is 72.3 cm³/mol. The third-order valence-corrected chi connectivity index (χ3v) is 3.48. The van der Waals surface area contributed by atoms with Crippen molar-refractivity contribution in [1.29, 1.82) is 0 Å². The summed E-state index contributed by atoms with van der Waals surface area (Å²) >= 11 is 0. The fourth-order valence-electron chi connectivity index (χ4n) is 2.36. The first-order valence-electron chi connectivity index (χ1n) is 6.69. The van der Waals surface area contributed by atoms with E-state index < -0.39 is 0 Å². The van der Waals surface area contributed by atoms with Crippen LogP contribution in [0.4, 0.5) is 0 Å². The molecule has 2 heterocycles. The second kappa shape index (κ2) is 6.51. The van der Waals surface area contributed by atoms with Crippen molar-refractivity contribution >= 4 is 11.8 Å². The van der Waals surface area contributed by atoms with Gasteiger partial charge >= 0.3 is 0 Å². The number of nitrogens with zero attached hydrogens (tertiary/aromatic N) is 2. The number of hydrogen-bond donors (Lipinski definition) is 2. The minimum atomic E-state index is -0.108. The number of nitrogens with one attached hydrogen (secondary N) is 2. The van der Waals surface area contributed by atoms with Gasteiger partial charge in [-0.05, 0) is 19.8 Å². The summed E-state index contributed by atoms with van der Waals surface area (Å²) in [7, 11) is 1.49. The van der Waals surface area contributed by atoms with Crippen LogP contribution in [0.5, 0.6) is 0 Å². The molecule has 0 radical (unpaired) electrons. The molecule has 0 spiro atoms. The van der Waals surface area contributed by atoms with Crippen LogP contribution in [0.2, 0.25) is 0 Å². The van der Waals surface area contributed by atoms with E-state index in [-0.39, 0.29) is 24.5 Å². The van der Waals surface area contributed by atoms with Crippen molar-refractivity contribution in [3.63, 3.8) is 0 Å². The topological polar surface area (TPSA) is 87.3 Å². The van der Waals surface area contributed by atoms with Crippen molar-refractivity contribution in [2.75, 3.05) is 26.8 Å². The van der Waals surface area contributed by atoms with E-state index >= 15 is 0 Å². The van der Waals surface area contributed by atoms with Crippen LogP contribution in [0.1, 0.15) is 28.9 Å². The summed E-state index contributed by atoms with van der Waals surface area (Å²) in [6.07, 6.45) is 3.08. The number of aromatic amines is 1. The summed E-state index contributed by atoms with van der Waals surface area (Å²) in [5.74, 6) is -0.110. The molecular weight excluding hydrogens is 260 g/mol. The van der Waals surface area contributed by atoms with Gasteiger partial charge in [0.15, 0.2) is 0 Å². The Hall–Kier alpha value is -1.89. The molecule has 0 aliphatic carbocycles. The first kappa shape index (κ1) is 14.5. The lowest BCUT2D eigenvalue weighted by Crippen LogP contribution is -2.47. The van der Waals surface area contributed by atoms with E-state index in [0.717, 1.165) is 18.5 Å². The summed E-state index contributed by atoms with van der Waals surface area (Å²) in [6.45, 7) is 3.19. The number of H-pyrrole nitrogens is 1. The molecule has 1 aromatic heterocycles. The van der Waals surface area contributed by atoms with Crippen molar-refractivity contribution in [3.8, 4) is 0 Å². The Balaban J connectivity index is 1.84. The zero-order chi connectivity index (χ0) is 14.5. The fourth-order valence-corrected chi connectivity index (χ4v) is 2.36. The monoisotopic (exact) mass is 280 g/mol. The zero-order valence-electron chi connectivity index (χ0n) is 11.8. The molecule has 1 aromatic rings. The summed E-state index contributed by atoms with van der Waals surface area (Å²) in [5.41, 5.74) is 1.40. The van der Waals surface area contributed by atoms with E-state index in [2.05, 4.69) is 15.5 Å². The number of likely N-dealkylation sites (tertiary alicyclic amines) is 1. The van der Waals surface area contributed by atoms with E-state index in [0.29, 0.717) is 18.7 Å². The van der Waals surface area contributed by atoms with E-state index in [9.17, 15) is 9.59 Å². The molecule has 1 aliphatic heterocycles. The Morgan fingerprint density at radius 2 is 2.20 bits per heavy atom. The Labute approximate surface area is 117 Å². The molecule has 0 bridgehead atoms. The molecule has 7 nitrogen and oxygen atoms in total. The molecule has 1 saturated heterocycles. The van der Waals surface area contributed by atoms with Gasteiger partial charge in [0.2, 0.25) is 5.91 Å². The Morgan fingerprint density at radius 3 is 2.75 bits per heavy atom. The number of aromatic nitrogens is 2. The molecular formula is C13H20N4O3. The summed E-state index contributed by atoms with van der Waals surface area (Å²) in [5, 5.41) is 9.54. The van der Waals surface area contributed by atoms with Crippen molar-refractivity contribution in [1.82, 2.24) is 20.4 Å². The Bertz CT molecular complexity index is 478. The first-order chi connectivity index (χ1) is 9.61. The summed E-state index contributed by atoms with van der Waals surface area (Å²) in [4.78, 5) is 25.5. The van der Waals surface area contributed by atoms with Gasteiger partial charge in [-0.1, -0.05) is 0 Å². The van der Waals surface area contributed by atoms with E-state index in [1.807, 2.05) is 6.92 Å². The molecule has 2 N–H and O–H groups in total. The number of amides is 2. The first-order valence-corrected chi connectivity index (χ1v) is 6.69. The smallest absolute Gasteiger partial charge is 0.257 e. The standard InChI is InChI=1S/C13H20N4O3/c1-9-11(7-14-16-9)13(19)17-5-3-10(4-6-17)15-12(18)8-20-2/h7,10H,3-6,8H2,1-2H3,(H,14,16)(H,15,18). The van der Waals surface area contributed by atoms with Gasteiger partial charge in [0.05, 0.1) is 11.8 Å². The molecule has 110 valence electrons. The molecule has 2 amide bonds. The van der Waals surface area contributed by atoms with Crippen molar-refractivity contribution in [2.45, 2.75) is 25.8 Å². The number of carbonyl (C=O) groups is 2. The van der Waals surface area contributed by atoms with Gasteiger partial charge in [-0.15, -0.1) is 0 Å². The summed E-state index contributed by atoms with van der Waals surface area (Å²) < 4.78 is 4.78. The molecule has 0 saturated carbocycles. The molecule has 0 atom stereocenters. The highest BCUT2D eigenvalue weighted by Crippen LogP contribution is 2.15. The molecule has 1 aliphatic rings. The van der Waals surface area contributed by atoms with Gasteiger partial charge in [-0.2, -0.15) is 5.10 Å². The number of ether oxygens (including phenoxy) is 1. The van der Waals surface area contributed by atoms with Gasteiger partial charge in [0, 0.05) is 31.9 Å². The quantitative estimate of drug-likeness (QED) is 0.818. The average Bonchev–Trinajstić information content (AvgIpc) is 2.85. The van der Waals surface area contributed by atoms with Gasteiger partial charge < -0.3 is 15.0 Å². The maximum absolute atomic E-state index is 12.3. The summed E-state index contributed by atoms with van der Waals surface area (Å²) in [6, 6.07) is 0.118. The normalized spacial score (nSPS) is 16.2. The Morgan fingerprint density at radius 1 is 1.50 bits per heavy atom. The van der Waals surface area contributed by atoms with E-state index in [1.165, 1.54) is 7.11 Å². The number of rotatable bonds is 4. The number of piperidine rings is 1. The lowest BCUT2D eigenvalue weighted by atomic mass is 10.0. The molecule has 0 aromatic carbocycles. The van der Waals surface area contributed by atoms with Crippen LogP contribution in [-0.4, -0.2) is 59.8 Å². The van der Waals surface area contributed by atoms with Crippen molar-refractivity contribution < 1.29 is 14.3 Å². The molecule has 1 fully saturated rings. The van der Waals surface area contributed by atoms with Gasteiger partial charge in [-0.25, -0.2) is 0 Å². The minimum Gasteiger partial charge on any atom is -0.375 e. The third kappa shape index (κ3) is 3.36. The van der Waals surface area contributed by atoms with Crippen LogP contribution in [-0.2, 0) is 9.53 Å². The van der Waals surface area contributed by atoms with Crippen LogP contribution >= 0.6 is 0 Å². The maximum atomic E-state index is 12.3. The fraction of sp³-hybridized carbons (Fsp3) is 0.615. The van der Waals surface area contributed by atoms with Crippen molar-refractivity contribution in [2.24, 2.45) is 0 Å². The second-order valence-electron chi connectivity index (χ2n) is 4.98. The maximum Gasteiger partial charge on any atom is 0.257 e. The highest BCUT2D eigenvalue weighted by molar-refractivity contribution is 5.95. The highest BCUT2D eigenvalue weighted by atomic mass is 16.5. The SMILES string of the molecule is COCC(=O)NC1CCN(C(=O)c2cn[nH]c2C)CC1. The van der Waals surface area contributed by atoms with Crippen LogP contribution in [0.25, 0.3) is 0 Å². The highest BCUT2D eigenvalue weighted by Gasteiger charge is 2.25.